The quantitative estimate of drug-likeness (QED) is 0.152. The molecule has 0 aliphatic carbocycles. The molecule has 0 aliphatic rings. The van der Waals surface area contributed by atoms with Gasteiger partial charge in [-0.15, -0.1) is 0 Å². The van der Waals surface area contributed by atoms with E-state index in [1.54, 1.807) is 0 Å². The van der Waals surface area contributed by atoms with Gasteiger partial charge in [0.05, 0.1) is 44.5 Å². The minimum absolute atomic E-state index is 1.13. The largest absolute Gasteiger partial charge is 0.314 e. The van der Waals surface area contributed by atoms with Gasteiger partial charge in [-0.1, -0.05) is 164 Å². The number of fused-ring (bicyclic) bond motifs is 10. The van der Waals surface area contributed by atoms with E-state index in [4.69, 9.17) is 0 Å². The molecule has 6 aromatic heterocycles. The van der Waals surface area contributed by atoms with Gasteiger partial charge < -0.3 is 17.9 Å². The number of rotatable bonds is 7. The fourth-order valence-corrected chi connectivity index (χ4v) is 11.0. The van der Waals surface area contributed by atoms with Gasteiger partial charge in [-0.25, -0.2) is 0 Å². The molecule has 0 aliphatic heterocycles. The van der Waals surface area contributed by atoms with Crippen molar-refractivity contribution >= 4 is 54.6 Å². The molecule has 0 amide bonds. The minimum atomic E-state index is 1.13. The Labute approximate surface area is 393 Å². The highest BCUT2D eigenvalue weighted by molar-refractivity contribution is 6.23. The van der Waals surface area contributed by atoms with Gasteiger partial charge in [0.25, 0.3) is 0 Å². The SMILES string of the molecule is c1ccc(-c2cccc(-c3c4c5cc(-c6ccc7c(c6)c6c(-c8ccccc8)n8ccccc8c6n7-c6cccc(-c7ccccc7)c6)ccc5n(-c5ccccc5)c4c4ccccn34)c2)cc1. The zero-order valence-electron chi connectivity index (χ0n) is 37.0. The molecule has 0 radical (unpaired) electrons. The lowest BCUT2D eigenvalue weighted by Gasteiger charge is -2.12. The molecule has 0 saturated carbocycles. The summed E-state index contributed by atoms with van der Waals surface area (Å²) in [5.41, 5.74) is 21.2. The second kappa shape index (κ2) is 15.2. The second-order valence-corrected chi connectivity index (χ2v) is 17.8. The van der Waals surface area contributed by atoms with Crippen LogP contribution in [0.4, 0.5) is 0 Å². The third-order valence-corrected chi connectivity index (χ3v) is 13.9. The topological polar surface area (TPSA) is 18.7 Å². The molecule has 0 spiro atoms. The van der Waals surface area contributed by atoms with Crippen molar-refractivity contribution in [2.24, 2.45) is 0 Å². The molecule has 0 saturated heterocycles. The van der Waals surface area contributed by atoms with E-state index < -0.39 is 0 Å². The lowest BCUT2D eigenvalue weighted by Crippen LogP contribution is -1.96. The predicted molar refractivity (Wildman–Crippen MR) is 284 cm³/mol. The van der Waals surface area contributed by atoms with Crippen LogP contribution in [-0.2, 0) is 0 Å². The molecular formula is C64H42N4. The van der Waals surface area contributed by atoms with Crippen molar-refractivity contribution < 1.29 is 0 Å². The molecule has 0 unspecified atom stereocenters. The first kappa shape index (κ1) is 38.2. The van der Waals surface area contributed by atoms with Crippen LogP contribution in [0.3, 0.4) is 0 Å². The van der Waals surface area contributed by atoms with Crippen LogP contribution in [0.5, 0.6) is 0 Å². The summed E-state index contributed by atoms with van der Waals surface area (Å²) in [7, 11) is 0. The van der Waals surface area contributed by atoms with Crippen molar-refractivity contribution in [3.05, 3.63) is 255 Å². The first-order valence-corrected chi connectivity index (χ1v) is 23.3. The molecule has 14 rings (SSSR count). The van der Waals surface area contributed by atoms with Crippen LogP contribution >= 0.6 is 0 Å². The van der Waals surface area contributed by atoms with Crippen molar-refractivity contribution in [2.45, 2.75) is 0 Å². The Balaban J connectivity index is 1.05. The number of benzene rings is 8. The summed E-state index contributed by atoms with van der Waals surface area (Å²) in [4.78, 5) is 0. The lowest BCUT2D eigenvalue weighted by atomic mass is 9.98. The Kier molecular flexibility index (Phi) is 8.55. The normalized spacial score (nSPS) is 11.8. The van der Waals surface area contributed by atoms with Crippen LogP contribution in [-0.4, -0.2) is 17.9 Å². The van der Waals surface area contributed by atoms with Crippen LogP contribution in [0.25, 0.3) is 122 Å². The smallest absolute Gasteiger partial charge is 0.0803 e. The van der Waals surface area contributed by atoms with Crippen molar-refractivity contribution in [1.29, 1.82) is 0 Å². The van der Waals surface area contributed by atoms with E-state index in [9.17, 15) is 0 Å². The van der Waals surface area contributed by atoms with Gasteiger partial charge in [-0.3, -0.25) is 0 Å². The van der Waals surface area contributed by atoms with Gasteiger partial charge in [0.2, 0.25) is 0 Å². The first-order valence-electron chi connectivity index (χ1n) is 23.3. The highest BCUT2D eigenvalue weighted by Gasteiger charge is 2.26. The summed E-state index contributed by atoms with van der Waals surface area (Å²) in [6.07, 6.45) is 4.43. The molecule has 0 atom stereocenters. The highest BCUT2D eigenvalue weighted by Crippen LogP contribution is 2.47. The number of pyridine rings is 2. The molecule has 0 N–H and O–H groups in total. The van der Waals surface area contributed by atoms with Crippen LogP contribution in [0, 0.1) is 0 Å². The Hall–Kier alpha value is -9.12. The molecule has 6 heterocycles. The van der Waals surface area contributed by atoms with Crippen molar-refractivity contribution in [3.8, 4) is 67.3 Å². The van der Waals surface area contributed by atoms with Crippen molar-refractivity contribution in [3.63, 3.8) is 0 Å². The molecule has 4 nitrogen and oxygen atoms in total. The van der Waals surface area contributed by atoms with Gasteiger partial charge in [-0.05, 0) is 123 Å². The maximum Gasteiger partial charge on any atom is 0.0803 e. The van der Waals surface area contributed by atoms with Crippen molar-refractivity contribution in [1.82, 2.24) is 17.9 Å². The third kappa shape index (κ3) is 5.81. The molecule has 0 fully saturated rings. The lowest BCUT2D eigenvalue weighted by molar-refractivity contribution is 1.17. The zero-order valence-corrected chi connectivity index (χ0v) is 37.0. The van der Waals surface area contributed by atoms with E-state index in [0.29, 0.717) is 0 Å². The Morgan fingerprint density at radius 3 is 1.19 bits per heavy atom. The van der Waals surface area contributed by atoms with Gasteiger partial charge >= 0.3 is 0 Å². The van der Waals surface area contributed by atoms with Crippen molar-refractivity contribution in [2.75, 3.05) is 0 Å². The van der Waals surface area contributed by atoms with Crippen LogP contribution in [0.15, 0.2) is 255 Å². The number of aromatic nitrogens is 4. The Morgan fingerprint density at radius 2 is 0.632 bits per heavy atom. The van der Waals surface area contributed by atoms with E-state index in [0.717, 1.165) is 11.4 Å². The summed E-state index contributed by atoms with van der Waals surface area (Å²) < 4.78 is 9.72. The van der Waals surface area contributed by atoms with Gasteiger partial charge in [-0.2, -0.15) is 0 Å². The van der Waals surface area contributed by atoms with E-state index in [2.05, 4.69) is 273 Å². The summed E-state index contributed by atoms with van der Waals surface area (Å²) in [6, 6.07) is 88.4. The van der Waals surface area contributed by atoms with Crippen LogP contribution < -0.4 is 0 Å². The summed E-state index contributed by atoms with van der Waals surface area (Å²) in [5, 5.41) is 4.90. The zero-order chi connectivity index (χ0) is 44.7. The van der Waals surface area contributed by atoms with E-state index in [1.807, 2.05) is 0 Å². The highest BCUT2D eigenvalue weighted by atomic mass is 15.0. The Morgan fingerprint density at radius 1 is 0.235 bits per heavy atom. The van der Waals surface area contributed by atoms with Crippen LogP contribution in [0.2, 0.25) is 0 Å². The van der Waals surface area contributed by atoms with E-state index >= 15 is 0 Å². The van der Waals surface area contributed by atoms with Gasteiger partial charge in [0, 0.05) is 45.3 Å². The molecule has 68 heavy (non-hydrogen) atoms. The average molecular weight is 867 g/mol. The third-order valence-electron chi connectivity index (χ3n) is 13.9. The molecule has 8 aromatic carbocycles. The maximum atomic E-state index is 2.48. The number of para-hydroxylation sites is 1. The summed E-state index contributed by atoms with van der Waals surface area (Å²) in [6.45, 7) is 0. The monoisotopic (exact) mass is 866 g/mol. The number of hydrogen-bond donors (Lipinski definition) is 0. The van der Waals surface area contributed by atoms with Crippen LogP contribution in [0.1, 0.15) is 0 Å². The fourth-order valence-electron chi connectivity index (χ4n) is 11.0. The second-order valence-electron chi connectivity index (χ2n) is 17.8. The Bertz CT molecular complexity index is 4090. The fraction of sp³-hybridized carbons (Fsp3) is 0. The number of nitrogens with zero attached hydrogens (tertiary/aromatic N) is 4. The standard InChI is InChI=1S/C64H42N4/c1-5-19-43(20-6-1)46-25-17-27-50(39-46)62-60-53-41-48(33-35-55(53)67(51-28-11-4-12-29-51)63(60)57-31-14-16-38-66(57)62)49-34-36-56-54(42-49)59-61(45-23-9-3-10-24-45)65-37-15-13-32-58(65)64(59)68(56)52-30-18-26-47(40-52)44-21-7-2-8-22-44/h1-42H. The summed E-state index contributed by atoms with van der Waals surface area (Å²) in [5.74, 6) is 0. The van der Waals surface area contributed by atoms with Gasteiger partial charge in [0.1, 0.15) is 0 Å². The maximum absolute atomic E-state index is 2.48. The molecule has 318 valence electrons. The summed E-state index contributed by atoms with van der Waals surface area (Å²) >= 11 is 0. The molecular weight excluding hydrogens is 825 g/mol. The number of hydrogen-bond acceptors (Lipinski definition) is 0. The average Bonchev–Trinajstić information content (AvgIpc) is 4.14. The first-order chi connectivity index (χ1) is 33.8. The van der Waals surface area contributed by atoms with E-state index in [-0.39, 0.29) is 0 Å². The molecule has 4 heteroatoms. The molecule has 0 bridgehead atoms. The van der Waals surface area contributed by atoms with Gasteiger partial charge in [0.15, 0.2) is 0 Å². The minimum Gasteiger partial charge on any atom is -0.314 e. The predicted octanol–water partition coefficient (Wildman–Crippen LogP) is 16.7. The van der Waals surface area contributed by atoms with E-state index in [1.165, 1.54) is 111 Å². The molecule has 14 aromatic rings.